The van der Waals surface area contributed by atoms with E-state index in [0.717, 1.165) is 5.56 Å². The summed E-state index contributed by atoms with van der Waals surface area (Å²) in [5, 5.41) is 2.57. The van der Waals surface area contributed by atoms with Crippen LogP contribution in [0.5, 0.6) is 0 Å². The Hall–Kier alpha value is -3.41. The molecule has 0 aromatic heterocycles. The Morgan fingerprint density at radius 2 is 2.04 bits per heavy atom. The second-order valence-electron chi connectivity index (χ2n) is 6.46. The lowest BCUT2D eigenvalue weighted by molar-refractivity contribution is -0.128. The molecule has 1 aliphatic rings. The Morgan fingerprint density at radius 1 is 1.29 bits per heavy atom. The smallest absolute Gasteiger partial charge is 0.339 e. The van der Waals surface area contributed by atoms with Crippen LogP contribution in [0.4, 0.5) is 0 Å². The molecule has 0 radical (unpaired) electrons. The van der Waals surface area contributed by atoms with E-state index in [1.165, 1.54) is 19.1 Å². The molecule has 0 bridgehead atoms. The highest BCUT2D eigenvalue weighted by Gasteiger charge is 2.28. The Balaban J connectivity index is 1.75. The standard InChI is InChI=1S/C22H21NO5/c1-3-11-23-20(24)14(2)27-21(25)16-9-10-18-17(12-16)13-19(28-22(18)26)15-7-5-4-6-8-15/h3-10,12,14,19H,1,11,13H2,2H3,(H,23,24)/t14-,19+/m0/s1. The molecule has 1 heterocycles. The number of cyclic esters (lactones) is 1. The van der Waals surface area contributed by atoms with Gasteiger partial charge in [0.05, 0.1) is 11.1 Å². The van der Waals surface area contributed by atoms with Crippen LogP contribution < -0.4 is 5.32 Å². The van der Waals surface area contributed by atoms with Gasteiger partial charge < -0.3 is 14.8 Å². The maximum absolute atomic E-state index is 12.4. The average Bonchev–Trinajstić information content (AvgIpc) is 2.72. The Morgan fingerprint density at radius 3 is 2.75 bits per heavy atom. The van der Waals surface area contributed by atoms with Crippen molar-refractivity contribution >= 4 is 17.8 Å². The molecule has 0 saturated carbocycles. The number of fused-ring (bicyclic) bond motifs is 1. The molecular formula is C22H21NO5. The molecule has 0 spiro atoms. The van der Waals surface area contributed by atoms with Crippen LogP contribution in [0.2, 0.25) is 0 Å². The van der Waals surface area contributed by atoms with Gasteiger partial charge in [0.15, 0.2) is 6.10 Å². The molecule has 144 valence electrons. The van der Waals surface area contributed by atoms with Gasteiger partial charge in [0.2, 0.25) is 0 Å². The first-order valence-corrected chi connectivity index (χ1v) is 8.98. The SMILES string of the molecule is C=CCNC(=O)[C@H](C)OC(=O)c1ccc2c(c1)C[C@H](c1ccccc1)OC2=O. The van der Waals surface area contributed by atoms with Crippen LogP contribution >= 0.6 is 0 Å². The van der Waals surface area contributed by atoms with Crippen LogP contribution in [0.15, 0.2) is 61.2 Å². The van der Waals surface area contributed by atoms with Gasteiger partial charge in [0.1, 0.15) is 6.10 Å². The number of amides is 1. The van der Waals surface area contributed by atoms with E-state index in [2.05, 4.69) is 11.9 Å². The fourth-order valence-electron chi connectivity index (χ4n) is 2.97. The zero-order valence-electron chi connectivity index (χ0n) is 15.5. The number of nitrogens with one attached hydrogen (secondary N) is 1. The summed E-state index contributed by atoms with van der Waals surface area (Å²) >= 11 is 0. The lowest BCUT2D eigenvalue weighted by atomic mass is 9.93. The Labute approximate surface area is 163 Å². The van der Waals surface area contributed by atoms with Crippen LogP contribution in [-0.4, -0.2) is 30.5 Å². The number of hydrogen-bond acceptors (Lipinski definition) is 5. The predicted molar refractivity (Wildman–Crippen MR) is 103 cm³/mol. The highest BCUT2D eigenvalue weighted by Crippen LogP contribution is 2.31. The van der Waals surface area contributed by atoms with Gasteiger partial charge in [0.25, 0.3) is 5.91 Å². The van der Waals surface area contributed by atoms with Crippen molar-refractivity contribution in [2.45, 2.75) is 25.6 Å². The quantitative estimate of drug-likeness (QED) is 0.616. The number of carbonyl (C=O) groups is 3. The van der Waals surface area contributed by atoms with Gasteiger partial charge in [0, 0.05) is 13.0 Å². The summed E-state index contributed by atoms with van der Waals surface area (Å²) in [5.41, 5.74) is 2.31. The topological polar surface area (TPSA) is 81.7 Å². The molecular weight excluding hydrogens is 358 g/mol. The van der Waals surface area contributed by atoms with E-state index < -0.39 is 30.1 Å². The molecule has 3 rings (SSSR count). The average molecular weight is 379 g/mol. The van der Waals surface area contributed by atoms with E-state index in [4.69, 9.17) is 9.47 Å². The minimum absolute atomic E-state index is 0.281. The molecule has 0 unspecified atom stereocenters. The maximum Gasteiger partial charge on any atom is 0.339 e. The molecule has 0 aliphatic carbocycles. The van der Waals surface area contributed by atoms with Crippen LogP contribution in [0.25, 0.3) is 0 Å². The van der Waals surface area contributed by atoms with E-state index in [-0.39, 0.29) is 5.56 Å². The number of hydrogen-bond donors (Lipinski definition) is 1. The number of esters is 2. The summed E-state index contributed by atoms with van der Waals surface area (Å²) in [6, 6.07) is 14.1. The fraction of sp³-hybridized carbons (Fsp3) is 0.227. The lowest BCUT2D eigenvalue weighted by Gasteiger charge is -2.25. The number of benzene rings is 2. The van der Waals surface area contributed by atoms with Gasteiger partial charge in [-0.3, -0.25) is 4.79 Å². The van der Waals surface area contributed by atoms with Gasteiger partial charge in [-0.2, -0.15) is 0 Å². The van der Waals surface area contributed by atoms with Crippen molar-refractivity contribution in [1.82, 2.24) is 5.32 Å². The zero-order valence-corrected chi connectivity index (χ0v) is 15.5. The maximum atomic E-state index is 12.4. The number of carbonyl (C=O) groups excluding carboxylic acids is 3. The predicted octanol–water partition coefficient (Wildman–Crippen LogP) is 2.99. The van der Waals surface area contributed by atoms with E-state index >= 15 is 0 Å². The Kier molecular flexibility index (Phi) is 5.89. The molecule has 2 atom stereocenters. The van der Waals surface area contributed by atoms with Gasteiger partial charge in [-0.05, 0) is 36.2 Å². The molecule has 0 fully saturated rings. The number of ether oxygens (including phenoxy) is 2. The first-order chi connectivity index (χ1) is 13.5. The molecule has 6 nitrogen and oxygen atoms in total. The lowest BCUT2D eigenvalue weighted by Crippen LogP contribution is -2.35. The molecule has 1 N–H and O–H groups in total. The van der Waals surface area contributed by atoms with E-state index in [1.807, 2.05) is 30.3 Å². The molecule has 6 heteroatoms. The highest BCUT2D eigenvalue weighted by molar-refractivity contribution is 5.96. The van der Waals surface area contributed by atoms with Crippen molar-refractivity contribution in [1.29, 1.82) is 0 Å². The largest absolute Gasteiger partial charge is 0.454 e. The summed E-state index contributed by atoms with van der Waals surface area (Å²) in [6.45, 7) is 5.31. The van der Waals surface area contributed by atoms with Crippen molar-refractivity contribution in [3.8, 4) is 0 Å². The molecule has 1 aliphatic heterocycles. The van der Waals surface area contributed by atoms with E-state index in [0.29, 0.717) is 24.1 Å². The molecule has 28 heavy (non-hydrogen) atoms. The summed E-state index contributed by atoms with van der Waals surface area (Å²) < 4.78 is 10.7. The molecule has 0 saturated heterocycles. The van der Waals surface area contributed by atoms with Gasteiger partial charge in [-0.25, -0.2) is 9.59 Å². The second kappa shape index (κ2) is 8.52. The van der Waals surface area contributed by atoms with Crippen LogP contribution in [0.3, 0.4) is 0 Å². The van der Waals surface area contributed by atoms with Gasteiger partial charge >= 0.3 is 11.9 Å². The zero-order chi connectivity index (χ0) is 20.1. The van der Waals surface area contributed by atoms with Gasteiger partial charge in [-0.15, -0.1) is 6.58 Å². The van der Waals surface area contributed by atoms with Crippen LogP contribution in [0.1, 0.15) is 44.9 Å². The molecule has 2 aromatic rings. The minimum atomic E-state index is -0.939. The highest BCUT2D eigenvalue weighted by atomic mass is 16.6. The molecule has 2 aromatic carbocycles. The number of rotatable bonds is 6. The third kappa shape index (κ3) is 4.28. The summed E-state index contributed by atoms with van der Waals surface area (Å²) in [7, 11) is 0. The summed E-state index contributed by atoms with van der Waals surface area (Å²) in [4.78, 5) is 36.6. The van der Waals surface area contributed by atoms with Crippen molar-refractivity contribution in [2.24, 2.45) is 0 Å². The van der Waals surface area contributed by atoms with Crippen molar-refractivity contribution in [3.63, 3.8) is 0 Å². The van der Waals surface area contributed by atoms with E-state index in [1.54, 1.807) is 12.1 Å². The Bertz CT molecular complexity index is 906. The van der Waals surface area contributed by atoms with Gasteiger partial charge in [-0.1, -0.05) is 36.4 Å². The molecule has 1 amide bonds. The van der Waals surface area contributed by atoms with E-state index in [9.17, 15) is 14.4 Å². The third-order valence-corrected chi connectivity index (χ3v) is 4.46. The third-order valence-electron chi connectivity index (χ3n) is 4.46. The minimum Gasteiger partial charge on any atom is -0.454 e. The van der Waals surface area contributed by atoms with Crippen LogP contribution in [0, 0.1) is 0 Å². The van der Waals surface area contributed by atoms with Crippen molar-refractivity contribution < 1.29 is 23.9 Å². The monoisotopic (exact) mass is 379 g/mol. The first-order valence-electron chi connectivity index (χ1n) is 8.98. The summed E-state index contributed by atoms with van der Waals surface area (Å²) in [6.07, 6.45) is 0.654. The van der Waals surface area contributed by atoms with Crippen LogP contribution in [-0.2, 0) is 20.7 Å². The van der Waals surface area contributed by atoms with Crippen molar-refractivity contribution in [3.05, 3.63) is 83.4 Å². The normalized spacial score (nSPS) is 16.3. The summed E-state index contributed by atoms with van der Waals surface area (Å²) in [5.74, 6) is -1.45. The first kappa shape index (κ1) is 19.4. The fourth-order valence-corrected chi connectivity index (χ4v) is 2.97. The second-order valence-corrected chi connectivity index (χ2v) is 6.46. The van der Waals surface area contributed by atoms with Crippen molar-refractivity contribution in [2.75, 3.05) is 6.54 Å².